The molecular weight excluding hydrogens is 252 g/mol. The predicted molar refractivity (Wildman–Crippen MR) is 78.1 cm³/mol. The van der Waals surface area contributed by atoms with E-state index in [1.165, 1.54) is 0 Å². The maximum atomic E-state index is 6.14. The van der Waals surface area contributed by atoms with Crippen molar-refractivity contribution in [3.8, 4) is 11.4 Å². The number of rotatable bonds is 3. The average molecular weight is 274 g/mol. The molecule has 0 fully saturated rings. The summed E-state index contributed by atoms with van der Waals surface area (Å²) in [5.74, 6) is 1.17. The fraction of sp³-hybridized carbons (Fsp3) is 0.533. The second-order valence-electron chi connectivity index (χ2n) is 6.33. The first-order chi connectivity index (χ1) is 9.25. The van der Waals surface area contributed by atoms with Crippen LogP contribution in [-0.2, 0) is 6.42 Å². The third-order valence-corrected chi connectivity index (χ3v) is 3.31. The fourth-order valence-corrected chi connectivity index (χ4v) is 1.91. The molecule has 108 valence electrons. The minimum Gasteiger partial charge on any atom is -0.339 e. The van der Waals surface area contributed by atoms with Crippen molar-refractivity contribution in [2.75, 3.05) is 0 Å². The van der Waals surface area contributed by atoms with Crippen molar-refractivity contribution in [2.24, 2.45) is 11.1 Å². The van der Waals surface area contributed by atoms with Gasteiger partial charge in [0.2, 0.25) is 11.7 Å². The molecule has 0 saturated carbocycles. The molecular formula is C15H22N4O. The van der Waals surface area contributed by atoms with E-state index in [9.17, 15) is 0 Å². The maximum absolute atomic E-state index is 6.14. The Hall–Kier alpha value is -1.75. The molecule has 0 aliphatic carbocycles. The van der Waals surface area contributed by atoms with Gasteiger partial charge in [0.05, 0.1) is 0 Å². The minimum atomic E-state index is -0.0169. The summed E-state index contributed by atoms with van der Waals surface area (Å²) < 4.78 is 5.30. The Kier molecular flexibility index (Phi) is 3.90. The van der Waals surface area contributed by atoms with Gasteiger partial charge in [0, 0.05) is 29.4 Å². The topological polar surface area (TPSA) is 77.8 Å². The molecule has 0 bridgehead atoms. The zero-order valence-corrected chi connectivity index (χ0v) is 12.8. The first-order valence-electron chi connectivity index (χ1n) is 6.79. The summed E-state index contributed by atoms with van der Waals surface area (Å²) in [4.78, 5) is 8.77. The quantitative estimate of drug-likeness (QED) is 0.931. The lowest BCUT2D eigenvalue weighted by Crippen LogP contribution is -2.36. The van der Waals surface area contributed by atoms with Gasteiger partial charge in [-0.1, -0.05) is 25.9 Å². The van der Waals surface area contributed by atoms with Crippen LogP contribution in [0.2, 0.25) is 0 Å². The van der Waals surface area contributed by atoms with Crippen LogP contribution in [-0.4, -0.2) is 21.2 Å². The Morgan fingerprint density at radius 2 is 1.75 bits per heavy atom. The average Bonchev–Trinajstić information content (AvgIpc) is 2.75. The van der Waals surface area contributed by atoms with E-state index in [0.29, 0.717) is 18.1 Å². The molecule has 5 nitrogen and oxygen atoms in total. The third kappa shape index (κ3) is 3.42. The lowest BCUT2D eigenvalue weighted by Gasteiger charge is -2.25. The van der Waals surface area contributed by atoms with Gasteiger partial charge in [0.15, 0.2) is 0 Å². The van der Waals surface area contributed by atoms with E-state index in [0.717, 1.165) is 17.0 Å². The van der Waals surface area contributed by atoms with Gasteiger partial charge in [-0.25, -0.2) is 0 Å². The van der Waals surface area contributed by atoms with Crippen LogP contribution in [0.4, 0.5) is 0 Å². The molecule has 2 aromatic rings. The maximum Gasteiger partial charge on any atom is 0.228 e. The summed E-state index contributed by atoms with van der Waals surface area (Å²) in [7, 11) is 0. The van der Waals surface area contributed by atoms with Crippen molar-refractivity contribution in [1.82, 2.24) is 15.1 Å². The van der Waals surface area contributed by atoms with Crippen molar-refractivity contribution in [3.05, 3.63) is 29.4 Å². The standard InChI is InChI=1S/C15H22N4O/c1-9-6-11(7-10(2)17-9)14-18-13(20-19-14)8-12(16)15(3,4)5/h6-7,12H,8,16H2,1-5H3. The van der Waals surface area contributed by atoms with Crippen LogP contribution < -0.4 is 5.73 Å². The number of aromatic nitrogens is 3. The van der Waals surface area contributed by atoms with Gasteiger partial charge < -0.3 is 10.3 Å². The van der Waals surface area contributed by atoms with Gasteiger partial charge >= 0.3 is 0 Å². The minimum absolute atomic E-state index is 0.0124. The highest BCUT2D eigenvalue weighted by molar-refractivity contribution is 5.55. The van der Waals surface area contributed by atoms with Gasteiger partial charge in [-0.3, -0.25) is 4.98 Å². The van der Waals surface area contributed by atoms with Crippen LogP contribution in [0.25, 0.3) is 11.4 Å². The molecule has 2 aromatic heterocycles. The SMILES string of the molecule is Cc1cc(-c2noc(CC(N)C(C)(C)C)n2)cc(C)n1. The Morgan fingerprint density at radius 1 is 1.15 bits per heavy atom. The van der Waals surface area contributed by atoms with Crippen molar-refractivity contribution in [1.29, 1.82) is 0 Å². The van der Waals surface area contributed by atoms with E-state index in [-0.39, 0.29) is 11.5 Å². The number of nitrogens with zero attached hydrogens (tertiary/aromatic N) is 3. The van der Waals surface area contributed by atoms with Gasteiger partial charge in [-0.2, -0.15) is 4.98 Å². The Morgan fingerprint density at radius 3 is 2.30 bits per heavy atom. The lowest BCUT2D eigenvalue weighted by molar-refractivity contribution is 0.286. The molecule has 0 amide bonds. The van der Waals surface area contributed by atoms with E-state index >= 15 is 0 Å². The highest BCUT2D eigenvalue weighted by Gasteiger charge is 2.23. The zero-order valence-electron chi connectivity index (χ0n) is 12.8. The van der Waals surface area contributed by atoms with Crippen molar-refractivity contribution < 1.29 is 4.52 Å². The van der Waals surface area contributed by atoms with Crippen LogP contribution in [0.5, 0.6) is 0 Å². The molecule has 0 spiro atoms. The summed E-state index contributed by atoms with van der Waals surface area (Å²) in [6.07, 6.45) is 0.583. The van der Waals surface area contributed by atoms with Crippen molar-refractivity contribution >= 4 is 0 Å². The lowest BCUT2D eigenvalue weighted by atomic mass is 9.85. The van der Waals surface area contributed by atoms with E-state index in [2.05, 4.69) is 35.9 Å². The summed E-state index contributed by atoms with van der Waals surface area (Å²) in [6, 6.07) is 3.88. The van der Waals surface area contributed by atoms with Crippen LogP contribution in [0, 0.1) is 19.3 Å². The Bertz CT molecular complexity index is 578. The molecule has 0 aliphatic heterocycles. The fourth-order valence-electron chi connectivity index (χ4n) is 1.91. The van der Waals surface area contributed by atoms with Crippen LogP contribution in [0.3, 0.4) is 0 Å². The Labute approximate surface area is 119 Å². The molecule has 5 heteroatoms. The Balaban J connectivity index is 2.21. The van der Waals surface area contributed by atoms with Crippen molar-refractivity contribution in [2.45, 2.75) is 47.1 Å². The molecule has 2 rings (SSSR count). The molecule has 0 radical (unpaired) electrons. The van der Waals surface area contributed by atoms with E-state index in [1.807, 2.05) is 26.0 Å². The van der Waals surface area contributed by atoms with Crippen LogP contribution in [0.1, 0.15) is 38.0 Å². The molecule has 1 atom stereocenters. The predicted octanol–water partition coefficient (Wildman–Crippen LogP) is 2.66. The molecule has 0 saturated heterocycles. The van der Waals surface area contributed by atoms with Gasteiger partial charge in [-0.15, -0.1) is 0 Å². The second-order valence-corrected chi connectivity index (χ2v) is 6.33. The summed E-state index contributed by atoms with van der Waals surface area (Å²) >= 11 is 0. The van der Waals surface area contributed by atoms with Crippen LogP contribution >= 0.6 is 0 Å². The number of nitrogens with two attached hydrogens (primary N) is 1. The largest absolute Gasteiger partial charge is 0.339 e. The molecule has 0 aromatic carbocycles. The van der Waals surface area contributed by atoms with Gasteiger partial charge in [-0.05, 0) is 31.4 Å². The number of pyridine rings is 1. The summed E-state index contributed by atoms with van der Waals surface area (Å²) in [5.41, 5.74) is 8.96. The molecule has 2 heterocycles. The van der Waals surface area contributed by atoms with E-state index in [4.69, 9.17) is 10.3 Å². The molecule has 2 N–H and O–H groups in total. The van der Waals surface area contributed by atoms with Crippen molar-refractivity contribution in [3.63, 3.8) is 0 Å². The summed E-state index contributed by atoms with van der Waals surface area (Å²) in [5, 5.41) is 4.03. The monoisotopic (exact) mass is 274 g/mol. The van der Waals surface area contributed by atoms with Gasteiger partial charge in [0.25, 0.3) is 0 Å². The third-order valence-electron chi connectivity index (χ3n) is 3.31. The number of aryl methyl sites for hydroxylation is 2. The smallest absolute Gasteiger partial charge is 0.228 e. The number of hydrogen-bond donors (Lipinski definition) is 1. The van der Waals surface area contributed by atoms with Gasteiger partial charge in [0.1, 0.15) is 0 Å². The molecule has 20 heavy (non-hydrogen) atoms. The summed E-state index contributed by atoms with van der Waals surface area (Å²) in [6.45, 7) is 10.2. The zero-order chi connectivity index (χ0) is 14.9. The van der Waals surface area contributed by atoms with Crippen LogP contribution in [0.15, 0.2) is 16.7 Å². The normalized spacial score (nSPS) is 13.5. The highest BCUT2D eigenvalue weighted by atomic mass is 16.5. The molecule has 1 unspecified atom stereocenters. The second kappa shape index (κ2) is 5.32. The van der Waals surface area contributed by atoms with E-state index in [1.54, 1.807) is 0 Å². The molecule has 0 aliphatic rings. The highest BCUT2D eigenvalue weighted by Crippen LogP contribution is 2.22. The van der Waals surface area contributed by atoms with E-state index < -0.39 is 0 Å². The number of hydrogen-bond acceptors (Lipinski definition) is 5. The first kappa shape index (κ1) is 14.7. The first-order valence-corrected chi connectivity index (χ1v) is 6.79.